The minimum absolute atomic E-state index is 0.476. The molecule has 1 rings (SSSR count). The normalized spacial score (nSPS) is 12.2. The molecule has 1 N–H and O–H groups in total. The maximum absolute atomic E-state index is 9.38. The summed E-state index contributed by atoms with van der Waals surface area (Å²) in [7, 11) is 0. The maximum atomic E-state index is 9.38. The summed E-state index contributed by atoms with van der Waals surface area (Å²) in [6, 6.07) is 5.30. The van der Waals surface area contributed by atoms with E-state index in [-0.39, 0.29) is 0 Å². The van der Waals surface area contributed by atoms with Crippen molar-refractivity contribution >= 4 is 11.6 Å². The lowest BCUT2D eigenvalue weighted by Gasteiger charge is -2.11. The first-order chi connectivity index (χ1) is 7.54. The molecule has 16 heavy (non-hydrogen) atoms. The predicted molar refractivity (Wildman–Crippen MR) is 67.0 cm³/mol. The summed E-state index contributed by atoms with van der Waals surface area (Å²) >= 11 is 6.03. The van der Waals surface area contributed by atoms with E-state index < -0.39 is 6.10 Å². The highest BCUT2D eigenvalue weighted by Crippen LogP contribution is 2.28. The summed E-state index contributed by atoms with van der Waals surface area (Å²) in [6.45, 7) is 8.06. The van der Waals surface area contributed by atoms with Gasteiger partial charge in [-0.3, -0.25) is 0 Å². The molecule has 88 valence electrons. The van der Waals surface area contributed by atoms with E-state index in [1.807, 2.05) is 6.92 Å². The molecule has 1 aromatic carbocycles. The summed E-state index contributed by atoms with van der Waals surface area (Å²) < 4.78 is 5.51. The first-order valence-electron chi connectivity index (χ1n) is 5.31. The summed E-state index contributed by atoms with van der Waals surface area (Å²) in [5.41, 5.74) is 1.81. The van der Waals surface area contributed by atoms with Crippen LogP contribution in [0.2, 0.25) is 5.02 Å². The molecule has 3 heteroatoms. The second-order valence-electron chi connectivity index (χ2n) is 3.76. The summed E-state index contributed by atoms with van der Waals surface area (Å²) in [4.78, 5) is 0. The molecule has 0 aliphatic heterocycles. The van der Waals surface area contributed by atoms with E-state index in [4.69, 9.17) is 16.3 Å². The van der Waals surface area contributed by atoms with Gasteiger partial charge in [-0.25, -0.2) is 0 Å². The Morgan fingerprint density at radius 3 is 2.75 bits per heavy atom. The Labute approximate surface area is 102 Å². The van der Waals surface area contributed by atoms with Crippen LogP contribution in [0.4, 0.5) is 0 Å². The van der Waals surface area contributed by atoms with Crippen molar-refractivity contribution in [2.75, 3.05) is 6.61 Å². The molecule has 0 aromatic heterocycles. The lowest BCUT2D eigenvalue weighted by atomic mass is 10.1. The van der Waals surface area contributed by atoms with Crippen molar-refractivity contribution in [3.8, 4) is 5.75 Å². The maximum Gasteiger partial charge on any atom is 0.138 e. The van der Waals surface area contributed by atoms with Gasteiger partial charge in [0.1, 0.15) is 12.4 Å². The lowest BCUT2D eigenvalue weighted by Crippen LogP contribution is -2.00. The Kier molecular flexibility index (Phi) is 4.84. The van der Waals surface area contributed by atoms with Gasteiger partial charge in [0.25, 0.3) is 0 Å². The highest BCUT2D eigenvalue weighted by Gasteiger charge is 2.06. The van der Waals surface area contributed by atoms with E-state index in [9.17, 15) is 5.11 Å². The van der Waals surface area contributed by atoms with Gasteiger partial charge in [-0.15, -0.1) is 0 Å². The van der Waals surface area contributed by atoms with Crippen LogP contribution in [0.1, 0.15) is 31.9 Å². The largest absolute Gasteiger partial charge is 0.488 e. The van der Waals surface area contributed by atoms with E-state index in [1.54, 1.807) is 25.1 Å². The quantitative estimate of drug-likeness (QED) is 0.795. The molecule has 0 fully saturated rings. The smallest absolute Gasteiger partial charge is 0.138 e. The van der Waals surface area contributed by atoms with Crippen LogP contribution in [0.25, 0.3) is 0 Å². The highest BCUT2D eigenvalue weighted by molar-refractivity contribution is 6.32. The molecule has 0 radical (unpaired) electrons. The molecule has 0 heterocycles. The Balaban J connectivity index is 2.72. The molecule has 0 amide bonds. The Bertz CT molecular complexity index is 372. The predicted octanol–water partition coefficient (Wildman–Crippen LogP) is 3.74. The van der Waals surface area contributed by atoms with Gasteiger partial charge in [-0.2, -0.15) is 0 Å². The van der Waals surface area contributed by atoms with E-state index >= 15 is 0 Å². The molecule has 0 aliphatic carbocycles. The highest BCUT2D eigenvalue weighted by atomic mass is 35.5. The van der Waals surface area contributed by atoms with Crippen LogP contribution in [0.5, 0.6) is 5.75 Å². The van der Waals surface area contributed by atoms with Crippen LogP contribution in [-0.4, -0.2) is 11.7 Å². The fraction of sp³-hybridized carbons (Fsp3) is 0.385. The first-order valence-corrected chi connectivity index (χ1v) is 5.69. The van der Waals surface area contributed by atoms with Crippen molar-refractivity contribution < 1.29 is 9.84 Å². The second kappa shape index (κ2) is 5.92. The minimum atomic E-state index is -0.517. The molecule has 0 bridgehead atoms. The third-order valence-corrected chi connectivity index (χ3v) is 2.67. The van der Waals surface area contributed by atoms with Crippen LogP contribution in [0.3, 0.4) is 0 Å². The molecule has 0 spiro atoms. The molecule has 0 aliphatic rings. The van der Waals surface area contributed by atoms with Gasteiger partial charge in [0.15, 0.2) is 0 Å². The van der Waals surface area contributed by atoms with E-state index in [0.29, 0.717) is 17.4 Å². The number of hydrogen-bond donors (Lipinski definition) is 1. The zero-order chi connectivity index (χ0) is 12.1. The summed E-state index contributed by atoms with van der Waals surface area (Å²) in [5, 5.41) is 9.90. The third kappa shape index (κ3) is 3.54. The van der Waals surface area contributed by atoms with Crippen LogP contribution in [-0.2, 0) is 0 Å². The fourth-order valence-electron chi connectivity index (χ4n) is 1.18. The van der Waals surface area contributed by atoms with Gasteiger partial charge in [-0.1, -0.05) is 31.2 Å². The Hall–Kier alpha value is -0.990. The number of ether oxygens (including phenoxy) is 1. The number of aliphatic hydroxyl groups is 1. The molecule has 2 nitrogen and oxygen atoms in total. The number of hydrogen-bond acceptors (Lipinski definition) is 2. The van der Waals surface area contributed by atoms with Gasteiger partial charge in [0, 0.05) is 0 Å². The second-order valence-corrected chi connectivity index (χ2v) is 4.17. The van der Waals surface area contributed by atoms with Gasteiger partial charge >= 0.3 is 0 Å². The van der Waals surface area contributed by atoms with Crippen LogP contribution < -0.4 is 4.74 Å². The van der Waals surface area contributed by atoms with Gasteiger partial charge < -0.3 is 9.84 Å². The standard InChI is InChI=1S/C13H17ClO2/c1-4-9(2)8-16-13-6-5-11(10(3)15)7-12(13)14/h5-7,10,15H,2,4,8H2,1,3H3. The fourth-order valence-corrected chi connectivity index (χ4v) is 1.42. The zero-order valence-corrected chi connectivity index (χ0v) is 10.4. The van der Waals surface area contributed by atoms with Crippen molar-refractivity contribution in [2.24, 2.45) is 0 Å². The van der Waals surface area contributed by atoms with E-state index in [2.05, 4.69) is 6.58 Å². The van der Waals surface area contributed by atoms with Gasteiger partial charge in [0.2, 0.25) is 0 Å². The van der Waals surface area contributed by atoms with Gasteiger partial charge in [0.05, 0.1) is 11.1 Å². The molecule has 0 saturated carbocycles. The molecular formula is C13H17ClO2. The number of halogens is 1. The average molecular weight is 241 g/mol. The molecule has 1 atom stereocenters. The molecule has 0 saturated heterocycles. The molecule has 1 unspecified atom stereocenters. The van der Waals surface area contributed by atoms with E-state index in [1.165, 1.54) is 0 Å². The number of aliphatic hydroxyl groups excluding tert-OH is 1. The molecular weight excluding hydrogens is 224 g/mol. The summed E-state index contributed by atoms with van der Waals surface area (Å²) in [6.07, 6.45) is 0.376. The number of rotatable bonds is 5. The summed E-state index contributed by atoms with van der Waals surface area (Å²) in [5.74, 6) is 0.626. The average Bonchev–Trinajstić information content (AvgIpc) is 2.26. The zero-order valence-electron chi connectivity index (χ0n) is 9.66. The van der Waals surface area contributed by atoms with Crippen LogP contribution >= 0.6 is 11.6 Å². The number of benzene rings is 1. The van der Waals surface area contributed by atoms with Crippen LogP contribution in [0, 0.1) is 0 Å². The first kappa shape index (κ1) is 13.1. The molecule has 1 aromatic rings. The topological polar surface area (TPSA) is 29.5 Å². The Morgan fingerprint density at radius 1 is 1.56 bits per heavy atom. The van der Waals surface area contributed by atoms with E-state index in [0.717, 1.165) is 17.6 Å². The minimum Gasteiger partial charge on any atom is -0.488 e. The van der Waals surface area contributed by atoms with Crippen molar-refractivity contribution in [3.63, 3.8) is 0 Å². The van der Waals surface area contributed by atoms with Crippen molar-refractivity contribution in [1.82, 2.24) is 0 Å². The van der Waals surface area contributed by atoms with Crippen molar-refractivity contribution in [1.29, 1.82) is 0 Å². The SMILES string of the molecule is C=C(CC)COc1ccc(C(C)O)cc1Cl. The van der Waals surface area contributed by atoms with Crippen molar-refractivity contribution in [2.45, 2.75) is 26.4 Å². The Morgan fingerprint density at radius 2 is 2.25 bits per heavy atom. The monoisotopic (exact) mass is 240 g/mol. The van der Waals surface area contributed by atoms with Gasteiger partial charge in [-0.05, 0) is 36.6 Å². The van der Waals surface area contributed by atoms with Crippen LogP contribution in [0.15, 0.2) is 30.4 Å². The van der Waals surface area contributed by atoms with Crippen molar-refractivity contribution in [3.05, 3.63) is 40.9 Å². The lowest BCUT2D eigenvalue weighted by molar-refractivity contribution is 0.199. The third-order valence-electron chi connectivity index (χ3n) is 2.37.